The summed E-state index contributed by atoms with van der Waals surface area (Å²) in [6.07, 6.45) is 11.9. The molecule has 4 rings (SSSR count). The summed E-state index contributed by atoms with van der Waals surface area (Å²) in [5, 5.41) is 9.65. The minimum atomic E-state index is -0.772. The smallest absolute Gasteiger partial charge is 0.303 e. The van der Waals surface area contributed by atoms with Crippen LogP contribution in [0.5, 0.6) is 0 Å². The highest BCUT2D eigenvalue weighted by Crippen LogP contribution is 2.49. The molecule has 0 spiro atoms. The van der Waals surface area contributed by atoms with Crippen molar-refractivity contribution in [1.29, 1.82) is 0 Å². The monoisotopic (exact) mass is 398 g/mol. The summed E-state index contributed by atoms with van der Waals surface area (Å²) < 4.78 is 7.31. The summed E-state index contributed by atoms with van der Waals surface area (Å²) in [6, 6.07) is 6.30. The van der Waals surface area contributed by atoms with E-state index in [1.54, 1.807) is 7.11 Å². The second-order valence-corrected chi connectivity index (χ2v) is 8.83. The molecule has 5 nitrogen and oxygen atoms in total. The van der Waals surface area contributed by atoms with Crippen LogP contribution in [-0.2, 0) is 9.53 Å². The van der Waals surface area contributed by atoms with Crippen molar-refractivity contribution in [2.45, 2.75) is 50.0 Å². The van der Waals surface area contributed by atoms with Gasteiger partial charge in [-0.3, -0.25) is 4.79 Å². The molecule has 2 unspecified atom stereocenters. The quantitative estimate of drug-likeness (QED) is 0.723. The Morgan fingerprint density at radius 2 is 2.18 bits per heavy atom. The number of nitrogen functional groups attached to an aromatic ring is 1. The molecular weight excluding hydrogens is 372 g/mol. The molecule has 0 radical (unpaired) electrons. The predicted octanol–water partition coefficient (Wildman–Crippen LogP) is 4.90. The fourth-order valence-electron chi connectivity index (χ4n) is 4.80. The number of carboxylic acid groups (broad SMARTS) is 1. The van der Waals surface area contributed by atoms with Crippen molar-refractivity contribution in [3.05, 3.63) is 47.6 Å². The number of rotatable bonds is 6. The first-order chi connectivity index (χ1) is 13.5. The number of aliphatic carboxylic acids is 1. The topological polar surface area (TPSA) is 85.4 Å². The largest absolute Gasteiger partial charge is 0.481 e. The van der Waals surface area contributed by atoms with Crippen LogP contribution in [-0.4, -0.2) is 28.8 Å². The zero-order valence-electron chi connectivity index (χ0n) is 16.1. The van der Waals surface area contributed by atoms with Crippen molar-refractivity contribution in [2.75, 3.05) is 12.8 Å². The fourth-order valence-corrected chi connectivity index (χ4v) is 5.58. The molecule has 1 fully saturated rings. The Hall–Kier alpha value is -2.18. The van der Waals surface area contributed by atoms with Crippen molar-refractivity contribution in [3.8, 4) is 0 Å². The minimum Gasteiger partial charge on any atom is -0.481 e. The molecule has 0 bridgehead atoms. The van der Waals surface area contributed by atoms with Crippen molar-refractivity contribution < 1.29 is 14.6 Å². The molecule has 3 N–H and O–H groups in total. The van der Waals surface area contributed by atoms with Gasteiger partial charge in [-0.2, -0.15) is 0 Å². The number of nitrogens with two attached hydrogens (primary N) is 1. The number of hydrogen-bond acceptors (Lipinski definition) is 5. The van der Waals surface area contributed by atoms with E-state index in [1.807, 2.05) is 6.07 Å². The van der Waals surface area contributed by atoms with Gasteiger partial charge in [-0.05, 0) is 42.9 Å². The number of benzene rings is 1. The molecule has 1 heterocycles. The Bertz CT molecular complexity index is 942. The number of thiazole rings is 1. The van der Waals surface area contributed by atoms with Gasteiger partial charge in [-0.1, -0.05) is 54.0 Å². The lowest BCUT2D eigenvalue weighted by Gasteiger charge is -2.43. The second-order valence-electron chi connectivity index (χ2n) is 7.76. The Balaban J connectivity index is 1.77. The maximum atomic E-state index is 11.0. The van der Waals surface area contributed by atoms with Crippen LogP contribution in [0.4, 0.5) is 5.13 Å². The van der Waals surface area contributed by atoms with E-state index < -0.39 is 11.6 Å². The van der Waals surface area contributed by atoms with Crippen LogP contribution >= 0.6 is 11.3 Å². The number of fused-ring (bicyclic) bond motifs is 1. The molecule has 1 aromatic carbocycles. The molecule has 0 amide bonds. The Labute approximate surface area is 168 Å². The van der Waals surface area contributed by atoms with Crippen molar-refractivity contribution in [2.24, 2.45) is 5.92 Å². The average molecular weight is 399 g/mol. The maximum absolute atomic E-state index is 11.0. The van der Waals surface area contributed by atoms with Crippen molar-refractivity contribution in [1.82, 2.24) is 4.98 Å². The third-order valence-electron chi connectivity index (χ3n) is 6.19. The number of nitrogens with zero attached hydrogens (tertiary/aromatic N) is 1. The zero-order chi connectivity index (χ0) is 19.7. The standard InChI is InChI=1S/C22H26N2O3S/c1-27-22(16-4-2-3-5-16)11-10-14(6-9-20(25)26)12-17(22)15-7-8-18-19(13-15)28-21(23)24-18/h7-8,10-13,16-17H,2-6,9H2,1H3,(H2,23,24)(H,25,26). The molecular formula is C22H26N2O3S. The van der Waals surface area contributed by atoms with Gasteiger partial charge < -0.3 is 15.6 Å². The summed E-state index contributed by atoms with van der Waals surface area (Å²) in [5.74, 6) is -0.271. The molecule has 2 atom stereocenters. The van der Waals surface area contributed by atoms with Gasteiger partial charge in [-0.25, -0.2) is 4.98 Å². The van der Waals surface area contributed by atoms with Crippen LogP contribution in [0.15, 0.2) is 42.0 Å². The number of aromatic nitrogens is 1. The van der Waals surface area contributed by atoms with Crippen LogP contribution < -0.4 is 5.73 Å². The van der Waals surface area contributed by atoms with Crippen LogP contribution in [0, 0.1) is 5.92 Å². The number of methoxy groups -OCH3 is 1. The lowest BCUT2D eigenvalue weighted by Crippen LogP contribution is -2.43. The first kappa shape index (κ1) is 19.2. The van der Waals surface area contributed by atoms with Crippen LogP contribution in [0.25, 0.3) is 10.2 Å². The molecule has 2 aliphatic rings. The van der Waals surface area contributed by atoms with E-state index in [4.69, 9.17) is 15.6 Å². The van der Waals surface area contributed by atoms with Crippen LogP contribution in [0.3, 0.4) is 0 Å². The van der Waals surface area contributed by atoms with E-state index in [1.165, 1.54) is 29.7 Å². The highest BCUT2D eigenvalue weighted by atomic mass is 32.1. The zero-order valence-corrected chi connectivity index (χ0v) is 16.9. The number of hydrogen-bond donors (Lipinski definition) is 2. The SMILES string of the molecule is COC1(C2CCCC2)C=CC(CCC(=O)O)=CC1c1ccc2nc(N)sc2c1. The number of carboxylic acids is 1. The molecule has 2 aliphatic carbocycles. The molecule has 1 saturated carbocycles. The predicted molar refractivity (Wildman–Crippen MR) is 113 cm³/mol. The lowest BCUT2D eigenvalue weighted by molar-refractivity contribution is -0.136. The Kier molecular flexibility index (Phi) is 5.25. The first-order valence-electron chi connectivity index (χ1n) is 9.84. The first-order valence-corrected chi connectivity index (χ1v) is 10.7. The lowest BCUT2D eigenvalue weighted by atomic mass is 9.69. The number of allylic oxidation sites excluding steroid dienone is 2. The highest BCUT2D eigenvalue weighted by Gasteiger charge is 2.46. The van der Waals surface area contributed by atoms with Gasteiger partial charge in [0.15, 0.2) is 5.13 Å². The number of carbonyl (C=O) groups is 1. The summed E-state index contributed by atoms with van der Waals surface area (Å²) >= 11 is 1.49. The van der Waals surface area contributed by atoms with Gasteiger partial charge in [0.25, 0.3) is 0 Å². The van der Waals surface area contributed by atoms with Crippen molar-refractivity contribution >= 4 is 32.7 Å². The molecule has 0 aliphatic heterocycles. The third kappa shape index (κ3) is 3.47. The fraction of sp³-hybridized carbons (Fsp3) is 0.455. The second kappa shape index (κ2) is 7.68. The number of anilines is 1. The molecule has 28 heavy (non-hydrogen) atoms. The normalized spacial score (nSPS) is 25.3. The summed E-state index contributed by atoms with van der Waals surface area (Å²) in [4.78, 5) is 15.4. The van der Waals surface area contributed by atoms with Crippen LogP contribution in [0.1, 0.15) is 50.0 Å². The summed E-state index contributed by atoms with van der Waals surface area (Å²) in [6.45, 7) is 0. The van der Waals surface area contributed by atoms with Gasteiger partial charge in [0, 0.05) is 19.4 Å². The molecule has 6 heteroatoms. The van der Waals surface area contributed by atoms with E-state index in [2.05, 4.69) is 35.3 Å². The summed E-state index contributed by atoms with van der Waals surface area (Å²) in [7, 11) is 1.80. The van der Waals surface area contributed by atoms with Gasteiger partial charge in [-0.15, -0.1) is 0 Å². The van der Waals surface area contributed by atoms with Crippen LogP contribution in [0.2, 0.25) is 0 Å². The van der Waals surface area contributed by atoms with E-state index in [-0.39, 0.29) is 12.3 Å². The average Bonchev–Trinajstić information content (AvgIpc) is 3.34. The maximum Gasteiger partial charge on any atom is 0.303 e. The van der Waals surface area contributed by atoms with E-state index in [9.17, 15) is 4.79 Å². The number of ether oxygens (including phenoxy) is 1. The van der Waals surface area contributed by atoms with E-state index in [0.717, 1.165) is 28.6 Å². The molecule has 2 aromatic rings. The Morgan fingerprint density at radius 1 is 1.39 bits per heavy atom. The summed E-state index contributed by atoms with van der Waals surface area (Å²) in [5.41, 5.74) is 8.64. The van der Waals surface area contributed by atoms with Gasteiger partial charge in [0.1, 0.15) is 0 Å². The molecule has 148 valence electrons. The third-order valence-corrected chi connectivity index (χ3v) is 7.03. The van der Waals surface area contributed by atoms with E-state index >= 15 is 0 Å². The Morgan fingerprint density at radius 3 is 2.89 bits per heavy atom. The van der Waals surface area contributed by atoms with Gasteiger partial charge in [0.05, 0.1) is 15.8 Å². The molecule has 1 aromatic heterocycles. The van der Waals surface area contributed by atoms with Gasteiger partial charge in [0.2, 0.25) is 0 Å². The van der Waals surface area contributed by atoms with E-state index in [0.29, 0.717) is 17.5 Å². The molecule has 0 saturated heterocycles. The van der Waals surface area contributed by atoms with Crippen molar-refractivity contribution in [3.63, 3.8) is 0 Å². The highest BCUT2D eigenvalue weighted by molar-refractivity contribution is 7.22. The van der Waals surface area contributed by atoms with Gasteiger partial charge >= 0.3 is 5.97 Å². The minimum absolute atomic E-state index is 0.0436.